The van der Waals surface area contributed by atoms with Crippen molar-refractivity contribution in [3.63, 3.8) is 0 Å². The van der Waals surface area contributed by atoms with E-state index in [4.69, 9.17) is 16.2 Å². The van der Waals surface area contributed by atoms with Gasteiger partial charge in [-0.25, -0.2) is 12.6 Å². The largest absolute Gasteiger partial charge is 0.397 e. The summed E-state index contributed by atoms with van der Waals surface area (Å²) in [5.74, 6) is -0.824. The van der Waals surface area contributed by atoms with Gasteiger partial charge in [0, 0.05) is 0 Å². The molecular formula is C4H7ClO6S2. The molecule has 1 heterocycles. The normalized spacial score (nSPS) is 33.4. The Morgan fingerprint density at radius 3 is 2.23 bits per heavy atom. The second kappa shape index (κ2) is 3.35. The van der Waals surface area contributed by atoms with E-state index in [1.807, 2.05) is 0 Å². The van der Waals surface area contributed by atoms with Gasteiger partial charge in [0.25, 0.3) is 0 Å². The van der Waals surface area contributed by atoms with E-state index in [1.165, 1.54) is 0 Å². The quantitative estimate of drug-likeness (QED) is 0.510. The SMILES string of the molecule is O=S1(=O)C[C@@H](Cl)[C@@H](OS(=O)(=O)O)C1. The van der Waals surface area contributed by atoms with Gasteiger partial charge in [-0.05, 0) is 0 Å². The summed E-state index contributed by atoms with van der Waals surface area (Å²) in [6, 6.07) is 0. The molecule has 78 valence electrons. The van der Waals surface area contributed by atoms with Crippen molar-refractivity contribution in [2.24, 2.45) is 0 Å². The molecule has 0 radical (unpaired) electrons. The van der Waals surface area contributed by atoms with Crippen LogP contribution in [0.4, 0.5) is 0 Å². The Kier molecular flexibility index (Phi) is 2.89. The summed E-state index contributed by atoms with van der Waals surface area (Å²) in [7, 11) is -7.99. The molecule has 1 N–H and O–H groups in total. The van der Waals surface area contributed by atoms with E-state index < -0.39 is 37.5 Å². The third-order valence-corrected chi connectivity index (χ3v) is 4.29. The summed E-state index contributed by atoms with van der Waals surface area (Å²) in [6.45, 7) is 0. The van der Waals surface area contributed by atoms with Crippen LogP contribution in [-0.2, 0) is 24.4 Å². The van der Waals surface area contributed by atoms with Crippen LogP contribution >= 0.6 is 11.6 Å². The molecule has 0 amide bonds. The Balaban J connectivity index is 2.76. The molecular weight excluding hydrogens is 244 g/mol. The van der Waals surface area contributed by atoms with Crippen LogP contribution in [0.2, 0.25) is 0 Å². The number of halogens is 1. The monoisotopic (exact) mass is 250 g/mol. The average molecular weight is 251 g/mol. The fourth-order valence-corrected chi connectivity index (χ4v) is 4.14. The van der Waals surface area contributed by atoms with Crippen LogP contribution < -0.4 is 0 Å². The highest BCUT2D eigenvalue weighted by molar-refractivity contribution is 7.91. The Bertz CT molecular complexity index is 383. The molecule has 1 saturated heterocycles. The summed E-state index contributed by atoms with van der Waals surface area (Å²) < 4.78 is 54.6. The van der Waals surface area contributed by atoms with Gasteiger partial charge in [-0.2, -0.15) is 8.42 Å². The number of hydrogen-bond acceptors (Lipinski definition) is 5. The minimum Gasteiger partial charge on any atom is -0.264 e. The van der Waals surface area contributed by atoms with Crippen molar-refractivity contribution in [2.45, 2.75) is 11.5 Å². The molecule has 0 saturated carbocycles. The molecule has 0 unspecified atom stereocenters. The number of hydrogen-bond donors (Lipinski definition) is 1. The third kappa shape index (κ3) is 3.39. The van der Waals surface area contributed by atoms with Gasteiger partial charge in [-0.3, -0.25) is 4.55 Å². The topological polar surface area (TPSA) is 97.7 Å². The molecule has 0 aromatic heterocycles. The van der Waals surface area contributed by atoms with E-state index in [-0.39, 0.29) is 5.75 Å². The Hall–Kier alpha value is 0.110. The maximum Gasteiger partial charge on any atom is 0.397 e. The summed E-state index contributed by atoms with van der Waals surface area (Å²) in [6.07, 6.45) is -1.19. The molecule has 0 aliphatic carbocycles. The van der Waals surface area contributed by atoms with Crippen LogP contribution in [0, 0.1) is 0 Å². The Labute approximate surface area is 80.7 Å². The Morgan fingerprint density at radius 1 is 1.38 bits per heavy atom. The molecule has 1 rings (SSSR count). The lowest BCUT2D eigenvalue weighted by atomic mass is 10.3. The van der Waals surface area contributed by atoms with Crippen LogP contribution in [0.5, 0.6) is 0 Å². The second-order valence-corrected chi connectivity index (χ2v) is 6.42. The lowest BCUT2D eigenvalue weighted by molar-refractivity contribution is 0.205. The van der Waals surface area contributed by atoms with Gasteiger partial charge in [0.15, 0.2) is 9.84 Å². The standard InChI is InChI=1S/C4H7ClO6S2/c5-3-1-12(6,7)2-4(3)11-13(8,9)10/h3-4H,1-2H2,(H,8,9,10)/t3-,4+/m1/s1. The molecule has 0 bridgehead atoms. The molecule has 2 atom stereocenters. The van der Waals surface area contributed by atoms with Crippen LogP contribution in [0.15, 0.2) is 0 Å². The summed E-state index contributed by atoms with van der Waals surface area (Å²) >= 11 is 5.49. The number of rotatable bonds is 2. The van der Waals surface area contributed by atoms with Crippen LogP contribution in [-0.4, -0.2) is 44.4 Å². The van der Waals surface area contributed by atoms with Crippen molar-refractivity contribution in [1.29, 1.82) is 0 Å². The highest BCUT2D eigenvalue weighted by atomic mass is 35.5. The van der Waals surface area contributed by atoms with Crippen molar-refractivity contribution in [2.75, 3.05) is 11.5 Å². The number of sulfone groups is 1. The summed E-state index contributed by atoms with van der Waals surface area (Å²) in [4.78, 5) is 0. The van der Waals surface area contributed by atoms with Crippen molar-refractivity contribution < 1.29 is 25.6 Å². The molecule has 1 fully saturated rings. The summed E-state index contributed by atoms with van der Waals surface area (Å²) in [5, 5.41) is -0.938. The molecule has 0 aromatic carbocycles. The molecule has 9 heteroatoms. The fraction of sp³-hybridized carbons (Fsp3) is 1.00. The van der Waals surface area contributed by atoms with E-state index in [1.54, 1.807) is 0 Å². The second-order valence-electron chi connectivity index (χ2n) is 2.66. The van der Waals surface area contributed by atoms with Crippen LogP contribution in [0.25, 0.3) is 0 Å². The van der Waals surface area contributed by atoms with E-state index >= 15 is 0 Å². The van der Waals surface area contributed by atoms with E-state index in [2.05, 4.69) is 4.18 Å². The van der Waals surface area contributed by atoms with Gasteiger partial charge in [-0.1, -0.05) is 0 Å². The lowest BCUT2D eigenvalue weighted by Gasteiger charge is -2.08. The van der Waals surface area contributed by atoms with Crippen molar-refractivity contribution in [3.05, 3.63) is 0 Å². The van der Waals surface area contributed by atoms with Gasteiger partial charge < -0.3 is 0 Å². The molecule has 6 nitrogen and oxygen atoms in total. The van der Waals surface area contributed by atoms with Crippen LogP contribution in [0.3, 0.4) is 0 Å². The zero-order valence-corrected chi connectivity index (χ0v) is 8.64. The van der Waals surface area contributed by atoms with E-state index in [9.17, 15) is 16.8 Å². The predicted octanol–water partition coefficient (Wildman–Crippen LogP) is -0.790. The van der Waals surface area contributed by atoms with Gasteiger partial charge in [0.2, 0.25) is 0 Å². The van der Waals surface area contributed by atoms with Gasteiger partial charge in [0.1, 0.15) is 6.10 Å². The van der Waals surface area contributed by atoms with E-state index in [0.717, 1.165) is 0 Å². The lowest BCUT2D eigenvalue weighted by Crippen LogP contribution is -2.25. The highest BCUT2D eigenvalue weighted by Crippen LogP contribution is 2.21. The van der Waals surface area contributed by atoms with Crippen LogP contribution in [0.1, 0.15) is 0 Å². The maximum atomic E-state index is 10.9. The molecule has 1 aliphatic rings. The van der Waals surface area contributed by atoms with Crippen molar-refractivity contribution in [3.8, 4) is 0 Å². The van der Waals surface area contributed by atoms with E-state index in [0.29, 0.717) is 0 Å². The van der Waals surface area contributed by atoms with Gasteiger partial charge in [-0.15, -0.1) is 11.6 Å². The maximum absolute atomic E-state index is 10.9. The molecule has 1 aliphatic heterocycles. The first-order valence-electron chi connectivity index (χ1n) is 3.20. The fourth-order valence-electron chi connectivity index (χ4n) is 1.02. The first kappa shape index (κ1) is 11.2. The molecule has 0 spiro atoms. The Morgan fingerprint density at radius 2 is 1.92 bits per heavy atom. The summed E-state index contributed by atoms with van der Waals surface area (Å²) in [5.41, 5.74) is 0. The third-order valence-electron chi connectivity index (χ3n) is 1.48. The first-order valence-corrected chi connectivity index (χ1v) is 6.82. The zero-order chi connectivity index (χ0) is 10.3. The molecule has 13 heavy (non-hydrogen) atoms. The minimum atomic E-state index is -4.64. The number of alkyl halides is 1. The molecule has 0 aromatic rings. The predicted molar refractivity (Wildman–Crippen MR) is 44.7 cm³/mol. The zero-order valence-electron chi connectivity index (χ0n) is 6.25. The highest BCUT2D eigenvalue weighted by Gasteiger charge is 2.39. The average Bonchev–Trinajstić information content (AvgIpc) is 2.00. The van der Waals surface area contributed by atoms with Gasteiger partial charge in [0.05, 0.1) is 16.9 Å². The minimum absolute atomic E-state index is 0.339. The first-order chi connectivity index (χ1) is 5.70. The smallest absolute Gasteiger partial charge is 0.264 e. The van der Waals surface area contributed by atoms with Gasteiger partial charge >= 0.3 is 10.4 Å². The van der Waals surface area contributed by atoms with Crippen molar-refractivity contribution >= 4 is 31.8 Å². The van der Waals surface area contributed by atoms with Crippen molar-refractivity contribution in [1.82, 2.24) is 0 Å².